The van der Waals surface area contributed by atoms with Crippen LogP contribution in [0.2, 0.25) is 0 Å². The minimum atomic E-state index is -4.41. The number of aromatic nitrogens is 3. The van der Waals surface area contributed by atoms with Gasteiger partial charge in [0.05, 0.1) is 37.0 Å². The summed E-state index contributed by atoms with van der Waals surface area (Å²) in [5, 5.41) is 4.02. The smallest absolute Gasteiger partial charge is 0.416 e. The number of methoxy groups -OCH3 is 1. The lowest BCUT2D eigenvalue weighted by Gasteiger charge is -2.17. The largest absolute Gasteiger partial charge is 0.497 e. The molecule has 0 fully saturated rings. The Hall–Kier alpha value is -4.08. The highest BCUT2D eigenvalue weighted by Crippen LogP contribution is 2.31. The van der Waals surface area contributed by atoms with Crippen LogP contribution in [0.15, 0.2) is 48.7 Å². The number of amides is 1. The van der Waals surface area contributed by atoms with Gasteiger partial charge in [-0.2, -0.15) is 13.2 Å². The molecule has 4 aromatic rings. The average molecular weight is 569 g/mol. The number of carbonyl (C=O) groups excluding carboxylic acids is 2. The van der Waals surface area contributed by atoms with Gasteiger partial charge in [-0.05, 0) is 61.2 Å². The van der Waals surface area contributed by atoms with Gasteiger partial charge in [0.2, 0.25) is 5.91 Å². The first-order valence-corrected chi connectivity index (χ1v) is 13.8. The molecule has 0 aliphatic heterocycles. The van der Waals surface area contributed by atoms with E-state index in [0.717, 1.165) is 53.6 Å². The minimum absolute atomic E-state index is 0.146. The van der Waals surface area contributed by atoms with Crippen molar-refractivity contribution in [1.29, 1.82) is 0 Å². The molecule has 1 amide bonds. The van der Waals surface area contributed by atoms with Crippen LogP contribution in [0.25, 0.3) is 22.2 Å². The van der Waals surface area contributed by atoms with Gasteiger partial charge in [0.25, 0.3) is 0 Å². The maximum absolute atomic E-state index is 13.3. The highest BCUT2D eigenvalue weighted by Gasteiger charge is 2.30. The van der Waals surface area contributed by atoms with Gasteiger partial charge in [0.15, 0.2) is 0 Å². The molecule has 0 spiro atoms. The second-order valence-corrected chi connectivity index (χ2v) is 10.2. The number of ether oxygens (including phenoxy) is 1. The van der Waals surface area contributed by atoms with E-state index in [1.54, 1.807) is 13.3 Å². The van der Waals surface area contributed by atoms with Crippen molar-refractivity contribution in [2.75, 3.05) is 7.11 Å². The first-order chi connectivity index (χ1) is 19.6. The Kier molecular flexibility index (Phi) is 9.52. The molecule has 2 heterocycles. The molecular formula is C31H35F3N4O3. The molecule has 0 aliphatic carbocycles. The van der Waals surface area contributed by atoms with Crippen molar-refractivity contribution in [2.24, 2.45) is 0 Å². The Balaban J connectivity index is 1.51. The summed E-state index contributed by atoms with van der Waals surface area (Å²) in [5.41, 5.74) is 3.07. The molecule has 7 nitrogen and oxygen atoms in total. The van der Waals surface area contributed by atoms with Gasteiger partial charge in [0, 0.05) is 29.4 Å². The van der Waals surface area contributed by atoms with Crippen molar-refractivity contribution in [3.05, 3.63) is 71.3 Å². The molecule has 2 aromatic heterocycles. The minimum Gasteiger partial charge on any atom is -0.497 e. The van der Waals surface area contributed by atoms with Crippen molar-refractivity contribution >= 4 is 22.6 Å². The predicted octanol–water partition coefficient (Wildman–Crippen LogP) is 7.22. The molecule has 4 rings (SSSR count). The number of imidazole rings is 1. The van der Waals surface area contributed by atoms with Gasteiger partial charge < -0.3 is 20.0 Å². The SMILES string of the molecule is CCC(=O)CCCCC[C@H](NC(=O)Cc1c(C)[nH]c2ccc(OC)cc12)c1ncc(-c2ccc(C(F)(F)F)cc2)[nH]1. The molecule has 10 heteroatoms. The molecule has 0 unspecified atom stereocenters. The van der Waals surface area contributed by atoms with Crippen LogP contribution < -0.4 is 10.1 Å². The third-order valence-corrected chi connectivity index (χ3v) is 7.29. The van der Waals surface area contributed by atoms with Crippen LogP contribution >= 0.6 is 0 Å². The standard InChI is InChI=1S/C31H35F3N4O3/c1-4-22(39)8-6-5-7-9-27(30-35-18-28(38-30)20-10-12-21(13-11-20)31(32,33)34)37-29(40)17-24-19(2)36-26-15-14-23(41-3)16-25(24)26/h10-16,18,27,36H,4-9,17H2,1-3H3,(H,35,38)(H,37,40)/t27-/m0/s1. The zero-order valence-corrected chi connectivity index (χ0v) is 23.5. The number of halogens is 3. The first kappa shape index (κ1) is 29.9. The van der Waals surface area contributed by atoms with Gasteiger partial charge in [-0.3, -0.25) is 9.59 Å². The van der Waals surface area contributed by atoms with E-state index >= 15 is 0 Å². The molecule has 0 bridgehead atoms. The van der Waals surface area contributed by atoms with Crippen molar-refractivity contribution < 1.29 is 27.5 Å². The Labute approximate surface area is 236 Å². The van der Waals surface area contributed by atoms with Crippen LogP contribution in [0.4, 0.5) is 13.2 Å². The summed E-state index contributed by atoms with van der Waals surface area (Å²) in [6.45, 7) is 3.78. The number of rotatable bonds is 13. The summed E-state index contributed by atoms with van der Waals surface area (Å²) >= 11 is 0. The molecule has 3 N–H and O–H groups in total. The number of aromatic amines is 2. The van der Waals surface area contributed by atoms with E-state index in [9.17, 15) is 22.8 Å². The Morgan fingerprint density at radius 2 is 1.80 bits per heavy atom. The maximum atomic E-state index is 13.3. The number of unbranched alkanes of at least 4 members (excludes halogenated alkanes) is 2. The fourth-order valence-electron chi connectivity index (χ4n) is 4.92. The number of carbonyl (C=O) groups is 2. The van der Waals surface area contributed by atoms with Crippen LogP contribution in [-0.4, -0.2) is 33.8 Å². The van der Waals surface area contributed by atoms with Crippen LogP contribution in [0, 0.1) is 6.92 Å². The first-order valence-electron chi connectivity index (χ1n) is 13.8. The number of benzene rings is 2. The number of alkyl halides is 3. The molecule has 0 saturated carbocycles. The van der Waals surface area contributed by atoms with E-state index in [2.05, 4.69) is 20.3 Å². The topological polar surface area (TPSA) is 99.9 Å². The van der Waals surface area contributed by atoms with Crippen molar-refractivity contribution in [2.45, 2.75) is 71.0 Å². The maximum Gasteiger partial charge on any atom is 0.416 e. The summed E-state index contributed by atoms with van der Waals surface area (Å²) in [6, 6.07) is 10.1. The molecule has 1 atom stereocenters. The summed E-state index contributed by atoms with van der Waals surface area (Å²) in [5.74, 6) is 1.27. The average Bonchev–Trinajstić information content (AvgIpc) is 3.56. The third kappa shape index (κ3) is 7.56. The fraction of sp³-hybridized carbons (Fsp3) is 0.387. The van der Waals surface area contributed by atoms with Crippen molar-refractivity contribution in [3.63, 3.8) is 0 Å². The summed E-state index contributed by atoms with van der Waals surface area (Å²) in [4.78, 5) is 36.0. The molecular weight excluding hydrogens is 533 g/mol. The van der Waals surface area contributed by atoms with E-state index in [4.69, 9.17) is 4.74 Å². The Morgan fingerprint density at radius 3 is 2.49 bits per heavy atom. The molecule has 218 valence electrons. The van der Waals surface area contributed by atoms with E-state index in [1.165, 1.54) is 12.1 Å². The summed E-state index contributed by atoms with van der Waals surface area (Å²) in [7, 11) is 1.60. The van der Waals surface area contributed by atoms with Crippen LogP contribution in [0.3, 0.4) is 0 Å². The monoisotopic (exact) mass is 568 g/mol. The Morgan fingerprint density at radius 1 is 1.05 bits per heavy atom. The third-order valence-electron chi connectivity index (χ3n) is 7.29. The number of Topliss-reactive ketones (excluding diaryl/α,β-unsaturated/α-hetero) is 1. The summed E-state index contributed by atoms with van der Waals surface area (Å²) < 4.78 is 44.3. The normalized spacial score (nSPS) is 12.4. The van der Waals surface area contributed by atoms with Crippen molar-refractivity contribution in [1.82, 2.24) is 20.3 Å². The lowest BCUT2D eigenvalue weighted by atomic mass is 10.0. The molecule has 2 aromatic carbocycles. The number of nitrogens with zero attached hydrogens (tertiary/aromatic N) is 1. The number of aryl methyl sites for hydroxylation is 1. The quantitative estimate of drug-likeness (QED) is 0.148. The van der Waals surface area contributed by atoms with E-state index in [-0.39, 0.29) is 18.1 Å². The van der Waals surface area contributed by atoms with E-state index in [1.807, 2.05) is 32.0 Å². The van der Waals surface area contributed by atoms with Crippen LogP contribution in [0.5, 0.6) is 5.75 Å². The number of fused-ring (bicyclic) bond motifs is 1. The van der Waals surface area contributed by atoms with Crippen molar-refractivity contribution in [3.8, 4) is 17.0 Å². The molecule has 0 saturated heterocycles. The van der Waals surface area contributed by atoms with Crippen LogP contribution in [-0.2, 0) is 22.2 Å². The van der Waals surface area contributed by atoms with E-state index in [0.29, 0.717) is 42.1 Å². The van der Waals surface area contributed by atoms with Gasteiger partial charge in [-0.15, -0.1) is 0 Å². The Bertz CT molecular complexity index is 1490. The zero-order valence-electron chi connectivity index (χ0n) is 23.5. The van der Waals surface area contributed by atoms with Gasteiger partial charge >= 0.3 is 6.18 Å². The number of ketones is 1. The van der Waals surface area contributed by atoms with Crippen LogP contribution in [0.1, 0.15) is 74.1 Å². The predicted molar refractivity (Wildman–Crippen MR) is 152 cm³/mol. The molecule has 0 radical (unpaired) electrons. The van der Waals surface area contributed by atoms with Gasteiger partial charge in [-0.25, -0.2) is 4.98 Å². The molecule has 41 heavy (non-hydrogen) atoms. The number of H-pyrrole nitrogens is 2. The van der Waals surface area contributed by atoms with Gasteiger partial charge in [0.1, 0.15) is 17.4 Å². The zero-order chi connectivity index (χ0) is 29.6. The fourth-order valence-corrected chi connectivity index (χ4v) is 4.92. The highest BCUT2D eigenvalue weighted by molar-refractivity contribution is 5.91. The summed E-state index contributed by atoms with van der Waals surface area (Å²) in [6.07, 6.45) is 1.31. The number of nitrogens with one attached hydrogen (secondary N) is 3. The van der Waals surface area contributed by atoms with Gasteiger partial charge in [-0.1, -0.05) is 31.9 Å². The number of hydrogen-bond acceptors (Lipinski definition) is 4. The molecule has 0 aliphatic rings. The second-order valence-electron chi connectivity index (χ2n) is 10.2. The van der Waals surface area contributed by atoms with E-state index < -0.39 is 17.8 Å². The highest BCUT2D eigenvalue weighted by atomic mass is 19.4. The lowest BCUT2D eigenvalue weighted by molar-refractivity contribution is -0.137. The number of hydrogen-bond donors (Lipinski definition) is 3. The second kappa shape index (κ2) is 13.1. The lowest BCUT2D eigenvalue weighted by Crippen LogP contribution is -2.30.